The Bertz CT molecular complexity index is 540. The molecule has 2 aromatic rings. The van der Waals surface area contributed by atoms with E-state index >= 15 is 0 Å². The second kappa shape index (κ2) is 5.73. The van der Waals surface area contributed by atoms with E-state index in [1.54, 1.807) is 24.4 Å². The summed E-state index contributed by atoms with van der Waals surface area (Å²) in [5.41, 5.74) is 0.728. The van der Waals surface area contributed by atoms with Gasteiger partial charge >= 0.3 is 0 Å². The number of hydrogen-bond donors (Lipinski definition) is 1. The molecule has 0 atom stereocenters. The molecule has 0 bridgehead atoms. The number of aromatic nitrogens is 1. The predicted octanol–water partition coefficient (Wildman–Crippen LogP) is 2.91. The molecule has 0 saturated heterocycles. The van der Waals surface area contributed by atoms with Crippen molar-refractivity contribution in [1.29, 1.82) is 0 Å². The average molecular weight is 309 g/mol. The van der Waals surface area contributed by atoms with Gasteiger partial charge in [0.05, 0.1) is 17.8 Å². The lowest BCUT2D eigenvalue weighted by Crippen LogP contribution is -2.24. The van der Waals surface area contributed by atoms with Crippen LogP contribution in [0.5, 0.6) is 0 Å². The van der Waals surface area contributed by atoms with Gasteiger partial charge in [0.25, 0.3) is 5.91 Å². The largest absolute Gasteiger partial charge is 0.346 e. The molecule has 5 heteroatoms. The van der Waals surface area contributed by atoms with E-state index in [0.717, 1.165) is 5.69 Å². The lowest BCUT2D eigenvalue weighted by atomic mass is 10.2. The van der Waals surface area contributed by atoms with Gasteiger partial charge in [0, 0.05) is 10.7 Å². The van der Waals surface area contributed by atoms with E-state index in [9.17, 15) is 9.18 Å². The van der Waals surface area contributed by atoms with E-state index in [1.807, 2.05) is 6.07 Å². The first kappa shape index (κ1) is 12.7. The molecule has 0 aliphatic carbocycles. The van der Waals surface area contributed by atoms with Crippen LogP contribution in [0.2, 0.25) is 0 Å². The highest BCUT2D eigenvalue weighted by Crippen LogP contribution is 2.19. The van der Waals surface area contributed by atoms with Crippen molar-refractivity contribution in [3.05, 3.63) is 64.1 Å². The minimum atomic E-state index is -0.553. The van der Waals surface area contributed by atoms with Gasteiger partial charge in [0.15, 0.2) is 0 Å². The van der Waals surface area contributed by atoms with Crippen LogP contribution < -0.4 is 5.32 Å². The summed E-state index contributed by atoms with van der Waals surface area (Å²) in [5.74, 6) is -1.02. The number of hydrogen-bond acceptors (Lipinski definition) is 2. The molecule has 0 aliphatic rings. The minimum absolute atomic E-state index is 0.00781. The maximum atomic E-state index is 13.5. The Morgan fingerprint density at radius 3 is 2.78 bits per heavy atom. The molecular formula is C13H10BrFN2O. The van der Waals surface area contributed by atoms with Crippen molar-refractivity contribution < 1.29 is 9.18 Å². The zero-order valence-corrected chi connectivity index (χ0v) is 10.9. The van der Waals surface area contributed by atoms with Gasteiger partial charge in [-0.25, -0.2) is 4.39 Å². The van der Waals surface area contributed by atoms with E-state index in [1.165, 1.54) is 12.1 Å². The standard InChI is InChI=1S/C13H10BrFN2O/c14-10-5-3-6-11(15)12(10)13(18)17-8-9-4-1-2-7-16-9/h1-7H,8H2,(H,17,18). The lowest BCUT2D eigenvalue weighted by molar-refractivity contribution is 0.0945. The normalized spacial score (nSPS) is 10.1. The van der Waals surface area contributed by atoms with Gasteiger partial charge < -0.3 is 5.32 Å². The molecule has 2 rings (SSSR count). The van der Waals surface area contributed by atoms with Crippen LogP contribution in [0.1, 0.15) is 16.1 Å². The smallest absolute Gasteiger partial charge is 0.255 e. The van der Waals surface area contributed by atoms with Gasteiger partial charge in [0.1, 0.15) is 5.82 Å². The van der Waals surface area contributed by atoms with Gasteiger partial charge in [0.2, 0.25) is 0 Å². The first-order chi connectivity index (χ1) is 8.68. The molecule has 3 nitrogen and oxygen atoms in total. The van der Waals surface area contributed by atoms with Crippen molar-refractivity contribution >= 4 is 21.8 Å². The lowest BCUT2D eigenvalue weighted by Gasteiger charge is -2.07. The second-order valence-corrected chi connectivity index (χ2v) is 4.45. The summed E-state index contributed by atoms with van der Waals surface area (Å²) in [6, 6.07) is 9.82. The average Bonchev–Trinajstić information content (AvgIpc) is 2.37. The highest BCUT2D eigenvalue weighted by molar-refractivity contribution is 9.10. The predicted molar refractivity (Wildman–Crippen MR) is 69.5 cm³/mol. The third-order valence-corrected chi connectivity index (χ3v) is 3.01. The number of carbonyl (C=O) groups excluding carboxylic acids is 1. The summed E-state index contributed by atoms with van der Waals surface area (Å²) >= 11 is 3.16. The zero-order chi connectivity index (χ0) is 13.0. The molecule has 0 unspecified atom stereocenters. The van der Waals surface area contributed by atoms with Crippen LogP contribution in [0.3, 0.4) is 0 Å². The van der Waals surface area contributed by atoms with Crippen molar-refractivity contribution in [3.8, 4) is 0 Å². The van der Waals surface area contributed by atoms with Crippen molar-refractivity contribution in [1.82, 2.24) is 10.3 Å². The Morgan fingerprint density at radius 1 is 1.28 bits per heavy atom. The molecule has 92 valence electrons. The molecule has 0 radical (unpaired) electrons. The summed E-state index contributed by atoms with van der Waals surface area (Å²) in [6.07, 6.45) is 1.64. The Hall–Kier alpha value is -1.75. The molecule has 1 N–H and O–H groups in total. The summed E-state index contributed by atoms with van der Waals surface area (Å²) < 4.78 is 14.0. The Morgan fingerprint density at radius 2 is 2.11 bits per heavy atom. The Labute approximate surface area is 112 Å². The summed E-state index contributed by atoms with van der Waals surface area (Å²) in [7, 11) is 0. The van der Waals surface area contributed by atoms with Gasteiger partial charge in [-0.1, -0.05) is 12.1 Å². The quantitative estimate of drug-likeness (QED) is 0.947. The van der Waals surface area contributed by atoms with E-state index in [4.69, 9.17) is 0 Å². The molecule has 1 amide bonds. The fourth-order valence-electron chi connectivity index (χ4n) is 1.48. The van der Waals surface area contributed by atoms with Crippen LogP contribution in [0.4, 0.5) is 4.39 Å². The molecule has 0 spiro atoms. The molecule has 0 fully saturated rings. The maximum Gasteiger partial charge on any atom is 0.255 e. The third kappa shape index (κ3) is 2.92. The molecule has 1 heterocycles. The number of pyridine rings is 1. The highest BCUT2D eigenvalue weighted by atomic mass is 79.9. The number of nitrogens with one attached hydrogen (secondary N) is 1. The summed E-state index contributed by atoms with van der Waals surface area (Å²) in [5, 5.41) is 2.63. The highest BCUT2D eigenvalue weighted by Gasteiger charge is 2.14. The van der Waals surface area contributed by atoms with Crippen LogP contribution in [0.15, 0.2) is 47.1 Å². The molecule has 1 aromatic heterocycles. The minimum Gasteiger partial charge on any atom is -0.346 e. The van der Waals surface area contributed by atoms with Crippen LogP contribution in [-0.4, -0.2) is 10.9 Å². The fourth-order valence-corrected chi connectivity index (χ4v) is 2.00. The molecule has 18 heavy (non-hydrogen) atoms. The Kier molecular flexibility index (Phi) is 4.04. The number of carbonyl (C=O) groups is 1. The molecule has 0 aliphatic heterocycles. The Balaban J connectivity index is 2.09. The van der Waals surface area contributed by atoms with Gasteiger partial charge in [-0.15, -0.1) is 0 Å². The second-order valence-electron chi connectivity index (χ2n) is 3.60. The SMILES string of the molecule is O=C(NCc1ccccn1)c1c(F)cccc1Br. The van der Waals surface area contributed by atoms with Crippen LogP contribution in [0, 0.1) is 5.82 Å². The number of benzene rings is 1. The van der Waals surface area contributed by atoms with E-state index in [-0.39, 0.29) is 12.1 Å². The van der Waals surface area contributed by atoms with E-state index in [2.05, 4.69) is 26.2 Å². The molecular weight excluding hydrogens is 299 g/mol. The van der Waals surface area contributed by atoms with E-state index < -0.39 is 11.7 Å². The summed E-state index contributed by atoms with van der Waals surface area (Å²) in [4.78, 5) is 15.9. The molecule has 0 saturated carbocycles. The monoisotopic (exact) mass is 308 g/mol. The number of rotatable bonds is 3. The van der Waals surface area contributed by atoms with E-state index in [0.29, 0.717) is 4.47 Å². The van der Waals surface area contributed by atoms with Crippen LogP contribution in [0.25, 0.3) is 0 Å². The first-order valence-corrected chi connectivity index (χ1v) is 6.10. The van der Waals surface area contributed by atoms with Crippen molar-refractivity contribution in [2.24, 2.45) is 0 Å². The van der Waals surface area contributed by atoms with Crippen LogP contribution in [-0.2, 0) is 6.54 Å². The van der Waals surface area contributed by atoms with Gasteiger partial charge in [-0.3, -0.25) is 9.78 Å². The molecule has 1 aromatic carbocycles. The fraction of sp³-hybridized carbons (Fsp3) is 0.0769. The number of nitrogens with zero attached hydrogens (tertiary/aromatic N) is 1. The van der Waals surface area contributed by atoms with Crippen LogP contribution >= 0.6 is 15.9 Å². The van der Waals surface area contributed by atoms with Gasteiger partial charge in [-0.2, -0.15) is 0 Å². The first-order valence-electron chi connectivity index (χ1n) is 5.30. The number of halogens is 2. The summed E-state index contributed by atoms with van der Waals surface area (Å²) in [6.45, 7) is 0.264. The van der Waals surface area contributed by atoms with Crippen molar-refractivity contribution in [2.75, 3.05) is 0 Å². The maximum absolute atomic E-state index is 13.5. The topological polar surface area (TPSA) is 42.0 Å². The third-order valence-electron chi connectivity index (χ3n) is 2.35. The van der Waals surface area contributed by atoms with Crippen molar-refractivity contribution in [3.63, 3.8) is 0 Å². The zero-order valence-electron chi connectivity index (χ0n) is 9.36. The van der Waals surface area contributed by atoms with Crippen molar-refractivity contribution in [2.45, 2.75) is 6.54 Å². The van der Waals surface area contributed by atoms with Gasteiger partial charge in [-0.05, 0) is 40.2 Å². The number of amides is 1.